The van der Waals surface area contributed by atoms with E-state index in [0.29, 0.717) is 37.3 Å². The number of hydrogen-bond acceptors (Lipinski definition) is 2. The van der Waals surface area contributed by atoms with Crippen molar-refractivity contribution in [3.05, 3.63) is 35.1 Å². The molecule has 7 heteroatoms. The molecule has 0 aromatic heterocycles. The zero-order valence-corrected chi connectivity index (χ0v) is 12.7. The Balaban J connectivity index is 0.00000180. The number of alkyl halides is 2. The van der Waals surface area contributed by atoms with Crippen LogP contribution in [0.4, 0.5) is 13.2 Å². The second-order valence-corrected chi connectivity index (χ2v) is 4.57. The third kappa shape index (κ3) is 4.52. The number of hydrogen-bond donors (Lipinski definition) is 1. The van der Waals surface area contributed by atoms with Crippen LogP contribution in [0, 0.1) is 12.7 Å². The second kappa shape index (κ2) is 8.72. The van der Waals surface area contributed by atoms with E-state index in [1.165, 1.54) is 12.1 Å². The highest BCUT2D eigenvalue weighted by Gasteiger charge is 2.31. The molecule has 1 aliphatic heterocycles. The van der Waals surface area contributed by atoms with E-state index >= 15 is 0 Å². The third-order valence-corrected chi connectivity index (χ3v) is 3.34. The lowest BCUT2D eigenvalue weighted by Gasteiger charge is -2.35. The fraction of sp³-hybridized carbons (Fsp3) is 0.538. The zero-order chi connectivity index (χ0) is 13.1. The van der Waals surface area contributed by atoms with Crippen LogP contribution < -0.4 is 5.32 Å². The lowest BCUT2D eigenvalue weighted by Crippen LogP contribution is -2.47. The fourth-order valence-corrected chi connectivity index (χ4v) is 2.38. The van der Waals surface area contributed by atoms with E-state index in [9.17, 15) is 13.2 Å². The first-order valence-electron chi connectivity index (χ1n) is 6.08. The molecule has 1 atom stereocenters. The molecule has 1 aromatic rings. The summed E-state index contributed by atoms with van der Waals surface area (Å²) < 4.78 is 39.9. The van der Waals surface area contributed by atoms with Gasteiger partial charge in [0.25, 0.3) is 6.43 Å². The predicted molar refractivity (Wildman–Crippen MR) is 78.8 cm³/mol. The Labute approximate surface area is 129 Å². The van der Waals surface area contributed by atoms with Crippen LogP contribution >= 0.6 is 24.8 Å². The van der Waals surface area contributed by atoms with Crippen molar-refractivity contribution in [2.75, 3.05) is 26.2 Å². The maximum absolute atomic E-state index is 13.3. The highest BCUT2D eigenvalue weighted by atomic mass is 35.5. The Kier molecular flexibility index (Phi) is 8.51. The SMILES string of the molecule is Cc1ccc(F)cc1[C@@H](C(F)F)N1CCNCC1.Cl.Cl. The molecule has 0 amide bonds. The van der Waals surface area contributed by atoms with Crippen molar-refractivity contribution >= 4 is 24.8 Å². The van der Waals surface area contributed by atoms with Crippen LogP contribution in [0.15, 0.2) is 18.2 Å². The summed E-state index contributed by atoms with van der Waals surface area (Å²) in [7, 11) is 0. The molecule has 116 valence electrons. The molecule has 0 radical (unpaired) electrons. The summed E-state index contributed by atoms with van der Waals surface area (Å²) in [5.41, 5.74) is 1.10. The molecule has 0 saturated carbocycles. The van der Waals surface area contributed by atoms with Gasteiger partial charge in [0, 0.05) is 26.2 Å². The highest BCUT2D eigenvalue weighted by molar-refractivity contribution is 5.85. The van der Waals surface area contributed by atoms with E-state index in [2.05, 4.69) is 5.32 Å². The van der Waals surface area contributed by atoms with Gasteiger partial charge in [-0.2, -0.15) is 0 Å². The molecule has 0 unspecified atom stereocenters. The van der Waals surface area contributed by atoms with E-state index in [0.717, 1.165) is 0 Å². The number of aryl methyl sites for hydroxylation is 1. The smallest absolute Gasteiger partial charge is 0.258 e. The van der Waals surface area contributed by atoms with Crippen molar-refractivity contribution in [2.24, 2.45) is 0 Å². The van der Waals surface area contributed by atoms with Gasteiger partial charge in [-0.3, -0.25) is 4.90 Å². The molecule has 1 saturated heterocycles. The molecule has 20 heavy (non-hydrogen) atoms. The predicted octanol–water partition coefficient (Wildman–Crippen LogP) is 3.19. The second-order valence-electron chi connectivity index (χ2n) is 4.57. The number of nitrogens with zero attached hydrogens (tertiary/aromatic N) is 1. The first-order valence-corrected chi connectivity index (χ1v) is 6.08. The minimum atomic E-state index is -2.51. The molecule has 0 aliphatic carbocycles. The summed E-state index contributed by atoms with van der Waals surface area (Å²) in [4.78, 5) is 1.73. The highest BCUT2D eigenvalue weighted by Crippen LogP contribution is 2.30. The summed E-state index contributed by atoms with van der Waals surface area (Å²) in [6.07, 6.45) is -2.51. The van der Waals surface area contributed by atoms with Crippen LogP contribution in [0.25, 0.3) is 0 Å². The number of benzene rings is 1. The Bertz CT molecular complexity index is 413. The van der Waals surface area contributed by atoms with Crippen molar-refractivity contribution in [3.63, 3.8) is 0 Å². The molecule has 1 N–H and O–H groups in total. The molecular formula is C13H19Cl2F3N2. The van der Waals surface area contributed by atoms with Gasteiger partial charge in [-0.25, -0.2) is 13.2 Å². The molecule has 2 nitrogen and oxygen atoms in total. The normalized spacial score (nSPS) is 17.2. The minimum Gasteiger partial charge on any atom is -0.314 e. The van der Waals surface area contributed by atoms with Crippen molar-refractivity contribution in [1.82, 2.24) is 10.2 Å². The Morgan fingerprint density at radius 2 is 1.75 bits per heavy atom. The number of piperazine rings is 1. The van der Waals surface area contributed by atoms with Gasteiger partial charge in [-0.15, -0.1) is 24.8 Å². The van der Waals surface area contributed by atoms with Gasteiger partial charge in [-0.1, -0.05) is 6.07 Å². The summed E-state index contributed by atoms with van der Waals surface area (Å²) in [6.45, 7) is 4.25. The van der Waals surface area contributed by atoms with E-state index < -0.39 is 18.3 Å². The monoisotopic (exact) mass is 330 g/mol. The van der Waals surface area contributed by atoms with Gasteiger partial charge >= 0.3 is 0 Å². The summed E-state index contributed by atoms with van der Waals surface area (Å²) in [6, 6.07) is 3.08. The van der Waals surface area contributed by atoms with Crippen molar-refractivity contribution in [3.8, 4) is 0 Å². The van der Waals surface area contributed by atoms with Gasteiger partial charge in [0.2, 0.25) is 0 Å². The summed E-state index contributed by atoms with van der Waals surface area (Å²) >= 11 is 0. The Morgan fingerprint density at radius 3 is 2.30 bits per heavy atom. The average molecular weight is 331 g/mol. The maximum atomic E-state index is 13.3. The number of nitrogens with one attached hydrogen (secondary N) is 1. The summed E-state index contributed by atoms with van der Waals surface area (Å²) in [5, 5.41) is 3.13. The first kappa shape index (κ1) is 19.5. The molecule has 0 spiro atoms. The van der Waals surface area contributed by atoms with E-state index in [-0.39, 0.29) is 24.8 Å². The van der Waals surface area contributed by atoms with Gasteiger partial charge in [0.15, 0.2) is 0 Å². The van der Waals surface area contributed by atoms with Crippen molar-refractivity contribution in [1.29, 1.82) is 0 Å². The molecular weight excluding hydrogens is 312 g/mol. The molecule has 1 heterocycles. The van der Waals surface area contributed by atoms with Gasteiger partial charge < -0.3 is 5.32 Å². The molecule has 1 aliphatic rings. The van der Waals surface area contributed by atoms with Crippen LogP contribution in [0.3, 0.4) is 0 Å². The van der Waals surface area contributed by atoms with E-state index in [1.54, 1.807) is 17.9 Å². The fourth-order valence-electron chi connectivity index (χ4n) is 2.38. The Hall–Kier alpha value is -0.490. The van der Waals surface area contributed by atoms with Gasteiger partial charge in [0.1, 0.15) is 5.82 Å². The van der Waals surface area contributed by atoms with Gasteiger partial charge in [0.05, 0.1) is 6.04 Å². The van der Waals surface area contributed by atoms with Crippen molar-refractivity contribution < 1.29 is 13.2 Å². The lowest BCUT2D eigenvalue weighted by molar-refractivity contribution is 0.0177. The zero-order valence-electron chi connectivity index (χ0n) is 11.1. The molecule has 1 fully saturated rings. The van der Waals surface area contributed by atoms with Crippen LogP contribution in [-0.4, -0.2) is 37.5 Å². The number of halogens is 5. The number of rotatable bonds is 3. The minimum absolute atomic E-state index is 0. The molecule has 1 aromatic carbocycles. The van der Waals surface area contributed by atoms with Crippen LogP contribution in [0.5, 0.6) is 0 Å². The average Bonchev–Trinajstić information content (AvgIpc) is 2.35. The van der Waals surface area contributed by atoms with Crippen LogP contribution in [0.1, 0.15) is 17.2 Å². The largest absolute Gasteiger partial charge is 0.314 e. The molecule has 0 bridgehead atoms. The topological polar surface area (TPSA) is 15.3 Å². The van der Waals surface area contributed by atoms with Crippen molar-refractivity contribution in [2.45, 2.75) is 19.4 Å². The first-order chi connectivity index (χ1) is 8.59. The third-order valence-electron chi connectivity index (χ3n) is 3.34. The Morgan fingerprint density at radius 1 is 1.15 bits per heavy atom. The standard InChI is InChI=1S/C13H17F3N2.2ClH/c1-9-2-3-10(14)8-11(9)12(13(15)16)18-6-4-17-5-7-18;;/h2-3,8,12-13,17H,4-7H2,1H3;2*1H/t12-;;/m0../s1. The maximum Gasteiger partial charge on any atom is 0.258 e. The van der Waals surface area contributed by atoms with Gasteiger partial charge in [-0.05, 0) is 30.2 Å². The lowest BCUT2D eigenvalue weighted by atomic mass is 9.99. The van der Waals surface area contributed by atoms with E-state index in [4.69, 9.17) is 0 Å². The quantitative estimate of drug-likeness (QED) is 0.915. The van der Waals surface area contributed by atoms with Crippen LogP contribution in [0.2, 0.25) is 0 Å². The van der Waals surface area contributed by atoms with Crippen LogP contribution in [-0.2, 0) is 0 Å². The van der Waals surface area contributed by atoms with E-state index in [1.807, 2.05) is 0 Å². The molecule has 2 rings (SSSR count). The summed E-state index contributed by atoms with van der Waals surface area (Å²) in [5.74, 6) is -0.462.